The van der Waals surface area contributed by atoms with E-state index in [4.69, 9.17) is 15.6 Å². The summed E-state index contributed by atoms with van der Waals surface area (Å²) < 4.78 is 5.26. The smallest absolute Gasteiger partial charge is 0.320 e. The van der Waals surface area contributed by atoms with E-state index in [9.17, 15) is 14.4 Å². The van der Waals surface area contributed by atoms with E-state index in [0.717, 1.165) is 0 Å². The predicted octanol–water partition coefficient (Wildman–Crippen LogP) is 0.309. The van der Waals surface area contributed by atoms with Gasteiger partial charge in [-0.25, -0.2) is 0 Å². The summed E-state index contributed by atoms with van der Waals surface area (Å²) in [6.07, 6.45) is -0.0119. The number of likely N-dealkylation sites (N-methyl/N-ethyl adjacent to an activating group) is 1. The normalized spacial score (nSPS) is 11.8. The van der Waals surface area contributed by atoms with E-state index >= 15 is 0 Å². The maximum Gasteiger partial charge on any atom is 0.320 e. The number of nitrogens with zero attached hydrogens (tertiary/aromatic N) is 2. The summed E-state index contributed by atoms with van der Waals surface area (Å²) in [5.41, 5.74) is 5.68. The van der Waals surface area contributed by atoms with Crippen molar-refractivity contribution in [3.05, 3.63) is 24.3 Å². The molecule has 0 aliphatic heterocycles. The van der Waals surface area contributed by atoms with Crippen molar-refractivity contribution in [3.63, 3.8) is 0 Å². The molecule has 0 saturated heterocycles. The number of anilines is 1. The topological polar surface area (TPSA) is 113 Å². The summed E-state index contributed by atoms with van der Waals surface area (Å²) in [6.45, 7) is 1.46. The highest BCUT2D eigenvalue weighted by molar-refractivity contribution is 5.97. The third kappa shape index (κ3) is 5.24. The van der Waals surface area contributed by atoms with Crippen LogP contribution < -0.4 is 15.4 Å². The second-order valence-electron chi connectivity index (χ2n) is 5.36. The van der Waals surface area contributed by atoms with Gasteiger partial charge >= 0.3 is 5.97 Å². The summed E-state index contributed by atoms with van der Waals surface area (Å²) in [7, 11) is 3.03. The summed E-state index contributed by atoms with van der Waals surface area (Å²) in [5, 5.41) is 9.03. The zero-order chi connectivity index (χ0) is 18.3. The summed E-state index contributed by atoms with van der Waals surface area (Å²) >= 11 is 0. The number of para-hydroxylation sites is 2. The highest BCUT2D eigenvalue weighted by atomic mass is 16.5. The monoisotopic (exact) mass is 337 g/mol. The van der Waals surface area contributed by atoms with Gasteiger partial charge in [-0.2, -0.15) is 0 Å². The molecule has 8 nitrogen and oxygen atoms in total. The lowest BCUT2D eigenvalue weighted by Crippen LogP contribution is -2.45. The van der Waals surface area contributed by atoms with Crippen molar-refractivity contribution < 1.29 is 24.2 Å². The molecule has 24 heavy (non-hydrogen) atoms. The zero-order valence-electron chi connectivity index (χ0n) is 14.1. The van der Waals surface area contributed by atoms with Crippen molar-refractivity contribution >= 4 is 23.5 Å². The van der Waals surface area contributed by atoms with Crippen molar-refractivity contribution in [1.82, 2.24) is 4.90 Å². The Kier molecular flexibility index (Phi) is 7.19. The highest BCUT2D eigenvalue weighted by Gasteiger charge is 2.24. The van der Waals surface area contributed by atoms with Gasteiger partial charge in [-0.3, -0.25) is 19.3 Å². The fraction of sp³-hybridized carbons (Fsp3) is 0.438. The molecule has 0 aromatic heterocycles. The number of carbonyl (C=O) groups is 3. The number of rotatable bonds is 9. The Balaban J connectivity index is 3.02. The first-order chi connectivity index (χ1) is 11.3. The van der Waals surface area contributed by atoms with Crippen LogP contribution >= 0.6 is 0 Å². The molecule has 0 aliphatic carbocycles. The highest BCUT2D eigenvalue weighted by Crippen LogP contribution is 2.28. The third-order valence-electron chi connectivity index (χ3n) is 3.66. The molecule has 1 atom stereocenters. The van der Waals surface area contributed by atoms with Crippen LogP contribution in [0.4, 0.5) is 5.69 Å². The van der Waals surface area contributed by atoms with Crippen LogP contribution in [0, 0.1) is 0 Å². The van der Waals surface area contributed by atoms with Crippen molar-refractivity contribution in [3.8, 4) is 5.75 Å². The van der Waals surface area contributed by atoms with Gasteiger partial charge in [0.15, 0.2) is 0 Å². The zero-order valence-corrected chi connectivity index (χ0v) is 14.1. The van der Waals surface area contributed by atoms with Gasteiger partial charge in [0, 0.05) is 13.0 Å². The molecule has 8 heteroatoms. The van der Waals surface area contributed by atoms with Crippen molar-refractivity contribution in [2.45, 2.75) is 19.4 Å². The Morgan fingerprint density at radius 3 is 2.46 bits per heavy atom. The minimum Gasteiger partial charge on any atom is -0.495 e. The van der Waals surface area contributed by atoms with E-state index in [0.29, 0.717) is 11.4 Å². The number of carboxylic acids is 1. The van der Waals surface area contributed by atoms with Gasteiger partial charge < -0.3 is 20.5 Å². The number of ether oxygens (including phenoxy) is 1. The van der Waals surface area contributed by atoms with E-state index in [1.807, 2.05) is 0 Å². The number of nitrogens with two attached hydrogens (primary N) is 1. The van der Waals surface area contributed by atoms with Gasteiger partial charge in [-0.05, 0) is 26.1 Å². The maximum atomic E-state index is 12.6. The quantitative estimate of drug-likeness (QED) is 0.670. The van der Waals surface area contributed by atoms with E-state index in [-0.39, 0.29) is 25.4 Å². The molecule has 0 aliphatic rings. The summed E-state index contributed by atoms with van der Waals surface area (Å²) in [4.78, 5) is 37.6. The first-order valence-corrected chi connectivity index (χ1v) is 7.42. The van der Waals surface area contributed by atoms with E-state index in [1.165, 1.54) is 23.8 Å². The maximum absolute atomic E-state index is 12.6. The molecule has 2 amide bonds. The number of methoxy groups -OCH3 is 1. The van der Waals surface area contributed by atoms with Gasteiger partial charge in [0.05, 0.1) is 19.3 Å². The van der Waals surface area contributed by atoms with Crippen LogP contribution in [-0.2, 0) is 14.4 Å². The molecule has 132 valence electrons. The fourth-order valence-corrected chi connectivity index (χ4v) is 2.08. The fourth-order valence-electron chi connectivity index (χ4n) is 2.08. The lowest BCUT2D eigenvalue weighted by molar-refractivity contribution is -0.142. The Hall–Kier alpha value is -2.61. The van der Waals surface area contributed by atoms with Crippen molar-refractivity contribution in [2.75, 3.05) is 32.1 Å². The van der Waals surface area contributed by atoms with Gasteiger partial charge in [-0.15, -0.1) is 0 Å². The second-order valence-corrected chi connectivity index (χ2v) is 5.36. The molecule has 1 aromatic rings. The predicted molar refractivity (Wildman–Crippen MR) is 88.9 cm³/mol. The van der Waals surface area contributed by atoms with Crippen LogP contribution in [0.25, 0.3) is 0 Å². The Morgan fingerprint density at radius 2 is 1.92 bits per heavy atom. The van der Waals surface area contributed by atoms with E-state index in [2.05, 4.69) is 0 Å². The van der Waals surface area contributed by atoms with Crippen LogP contribution in [0.3, 0.4) is 0 Å². The molecule has 0 spiro atoms. The molecule has 1 rings (SSSR count). The van der Waals surface area contributed by atoms with Gasteiger partial charge in [0.2, 0.25) is 11.8 Å². The molecule has 1 aromatic carbocycles. The average molecular weight is 337 g/mol. The first-order valence-electron chi connectivity index (χ1n) is 7.42. The van der Waals surface area contributed by atoms with Crippen LogP contribution in [-0.4, -0.2) is 61.1 Å². The number of hydrogen-bond donors (Lipinski definition) is 2. The molecular weight excluding hydrogens is 314 g/mol. The SMILES string of the molecule is COc1ccccc1N(CCC(N)=O)C(=O)CN(C)C(C)C(=O)O. The van der Waals surface area contributed by atoms with E-state index in [1.54, 1.807) is 31.3 Å². The number of primary amides is 1. The average Bonchev–Trinajstić information content (AvgIpc) is 2.54. The molecule has 1 unspecified atom stereocenters. The van der Waals surface area contributed by atoms with Gasteiger partial charge in [0.1, 0.15) is 11.8 Å². The molecule has 0 bridgehead atoms. The van der Waals surface area contributed by atoms with Crippen LogP contribution in [0.1, 0.15) is 13.3 Å². The molecule has 0 saturated carbocycles. The third-order valence-corrected chi connectivity index (χ3v) is 3.66. The number of hydrogen-bond acceptors (Lipinski definition) is 5. The standard InChI is InChI=1S/C16H23N3O5/c1-11(16(22)23)18(2)10-15(21)19(9-8-14(17)20)12-6-4-5-7-13(12)24-3/h4-7,11H,8-10H2,1-3H3,(H2,17,20)(H,22,23). The lowest BCUT2D eigenvalue weighted by Gasteiger charge is -2.28. The lowest BCUT2D eigenvalue weighted by atomic mass is 10.2. The second kappa shape index (κ2) is 8.88. The number of carbonyl (C=O) groups excluding carboxylic acids is 2. The molecule has 0 fully saturated rings. The Labute approximate surface area is 140 Å². The molecule has 3 N–H and O–H groups in total. The van der Waals surface area contributed by atoms with E-state index < -0.39 is 17.9 Å². The van der Waals surface area contributed by atoms with Gasteiger partial charge in [-0.1, -0.05) is 12.1 Å². The summed E-state index contributed by atoms with van der Waals surface area (Å²) in [6, 6.07) is 6.08. The van der Waals surface area contributed by atoms with Crippen LogP contribution in [0.15, 0.2) is 24.3 Å². The largest absolute Gasteiger partial charge is 0.495 e. The van der Waals surface area contributed by atoms with Crippen molar-refractivity contribution in [1.29, 1.82) is 0 Å². The van der Waals surface area contributed by atoms with Crippen molar-refractivity contribution in [2.24, 2.45) is 5.73 Å². The number of amides is 2. The van der Waals surface area contributed by atoms with Gasteiger partial charge in [0.25, 0.3) is 0 Å². The number of aliphatic carboxylic acids is 1. The molecular formula is C16H23N3O5. The Morgan fingerprint density at radius 1 is 1.29 bits per heavy atom. The first kappa shape index (κ1) is 19.4. The number of benzene rings is 1. The Bertz CT molecular complexity index is 605. The molecule has 0 heterocycles. The molecule has 0 radical (unpaired) electrons. The minimum atomic E-state index is -1.02. The summed E-state index contributed by atoms with van der Waals surface area (Å²) in [5.74, 6) is -1.43. The number of carboxylic acid groups (broad SMARTS) is 1. The van der Waals surface area contributed by atoms with Crippen LogP contribution in [0.5, 0.6) is 5.75 Å². The minimum absolute atomic E-state index is 0.0119. The van der Waals surface area contributed by atoms with Crippen LogP contribution in [0.2, 0.25) is 0 Å².